The molecule has 0 bridgehead atoms. The Balaban J connectivity index is 1.76. The highest BCUT2D eigenvalue weighted by Crippen LogP contribution is 2.39. The number of methoxy groups -OCH3 is 2. The molecule has 0 saturated carbocycles. The lowest BCUT2D eigenvalue weighted by molar-refractivity contribution is -0.124. The molecule has 2 heterocycles. The van der Waals surface area contributed by atoms with Crippen LogP contribution >= 0.6 is 11.3 Å². The predicted molar refractivity (Wildman–Crippen MR) is 176 cm³/mol. The number of benzene rings is 3. The summed E-state index contributed by atoms with van der Waals surface area (Å²) in [5, 5.41) is 2.18. The summed E-state index contributed by atoms with van der Waals surface area (Å²) in [7, 11) is 3.22. The zero-order chi connectivity index (χ0) is 31.9. The minimum atomic E-state index is -0.690. The normalized spacial score (nSPS) is 11.0. The monoisotopic (exact) mass is 625 g/mol. The fourth-order valence-electron chi connectivity index (χ4n) is 5.26. The van der Waals surface area contributed by atoms with Gasteiger partial charge in [-0.05, 0) is 48.4 Å². The van der Waals surface area contributed by atoms with Crippen LogP contribution in [0.1, 0.15) is 40.9 Å². The molecular weight excluding hydrogens is 590 g/mol. The Morgan fingerprint density at radius 3 is 2.29 bits per heavy atom. The largest absolute Gasteiger partial charge is 0.497 e. The van der Waals surface area contributed by atoms with E-state index in [9.17, 15) is 14.4 Å². The van der Waals surface area contributed by atoms with E-state index >= 15 is 0 Å². The molecule has 0 atom stereocenters. The van der Waals surface area contributed by atoms with Crippen LogP contribution in [0.2, 0.25) is 0 Å². The average Bonchev–Trinajstić information content (AvgIpc) is 3.42. The second-order valence-electron chi connectivity index (χ2n) is 10.4. The lowest BCUT2D eigenvalue weighted by atomic mass is 10.0. The maximum atomic E-state index is 14.2. The number of hydrazine groups is 1. The van der Waals surface area contributed by atoms with Crippen molar-refractivity contribution in [2.24, 2.45) is 0 Å². The first-order valence-corrected chi connectivity index (χ1v) is 15.3. The van der Waals surface area contributed by atoms with E-state index in [1.165, 1.54) is 18.3 Å². The summed E-state index contributed by atoms with van der Waals surface area (Å²) in [6.07, 6.45) is 1.57. The summed E-state index contributed by atoms with van der Waals surface area (Å²) < 4.78 is 18.2. The Hall–Kier alpha value is -4.93. The maximum absolute atomic E-state index is 14.2. The van der Waals surface area contributed by atoms with Crippen molar-refractivity contribution in [1.29, 1.82) is 0 Å². The van der Waals surface area contributed by atoms with Crippen molar-refractivity contribution < 1.29 is 23.8 Å². The van der Waals surface area contributed by atoms with Gasteiger partial charge in [0.1, 0.15) is 21.9 Å². The number of hydrogen-bond acceptors (Lipinski definition) is 8. The molecule has 0 spiro atoms. The van der Waals surface area contributed by atoms with Crippen LogP contribution in [-0.4, -0.2) is 42.3 Å². The zero-order valence-electron chi connectivity index (χ0n) is 25.7. The van der Waals surface area contributed by atoms with Crippen molar-refractivity contribution in [3.63, 3.8) is 0 Å². The summed E-state index contributed by atoms with van der Waals surface area (Å²) in [5.74, 6) is 0.459. The van der Waals surface area contributed by atoms with E-state index < -0.39 is 11.4 Å². The van der Waals surface area contributed by atoms with E-state index in [0.717, 1.165) is 21.6 Å². The van der Waals surface area contributed by atoms with Crippen LogP contribution in [0, 0.1) is 0 Å². The molecular formula is C35H35N3O6S. The summed E-state index contributed by atoms with van der Waals surface area (Å²) in [6.45, 7) is 4.22. The molecule has 0 unspecified atom stereocenters. The van der Waals surface area contributed by atoms with Crippen LogP contribution in [0.15, 0.2) is 89.9 Å². The van der Waals surface area contributed by atoms with Crippen LogP contribution in [0.5, 0.6) is 11.5 Å². The van der Waals surface area contributed by atoms with Gasteiger partial charge in [-0.1, -0.05) is 48.5 Å². The molecule has 5 rings (SSSR count). The first-order valence-electron chi connectivity index (χ1n) is 14.5. The number of thiophene rings is 1. The van der Waals surface area contributed by atoms with Crippen LogP contribution in [0.3, 0.4) is 0 Å². The summed E-state index contributed by atoms with van der Waals surface area (Å²) in [6, 6.07) is 25.0. The van der Waals surface area contributed by atoms with Gasteiger partial charge in [-0.2, -0.15) is 0 Å². The number of aromatic nitrogens is 1. The van der Waals surface area contributed by atoms with Gasteiger partial charge in [-0.15, -0.1) is 11.3 Å². The number of fused-ring (bicyclic) bond motifs is 1. The second-order valence-corrected chi connectivity index (χ2v) is 11.4. The van der Waals surface area contributed by atoms with E-state index in [2.05, 4.69) is 5.43 Å². The van der Waals surface area contributed by atoms with Crippen molar-refractivity contribution in [1.82, 2.24) is 15.0 Å². The van der Waals surface area contributed by atoms with Crippen LogP contribution in [0.4, 0.5) is 0 Å². The molecule has 2 aromatic heterocycles. The Bertz CT molecular complexity index is 1860. The molecule has 10 heteroatoms. The van der Waals surface area contributed by atoms with E-state index in [0.29, 0.717) is 40.4 Å². The Morgan fingerprint density at radius 1 is 0.911 bits per heavy atom. The number of nitrogens with zero attached hydrogens (tertiary/aromatic N) is 2. The molecule has 0 aliphatic carbocycles. The van der Waals surface area contributed by atoms with Crippen LogP contribution in [-0.2, 0) is 29.2 Å². The highest BCUT2D eigenvalue weighted by Gasteiger charge is 2.26. The molecule has 0 radical (unpaired) electrons. The third-order valence-electron chi connectivity index (χ3n) is 7.27. The van der Waals surface area contributed by atoms with Crippen molar-refractivity contribution in [3.8, 4) is 21.9 Å². The molecule has 45 heavy (non-hydrogen) atoms. The maximum Gasteiger partial charge on any atom is 0.343 e. The molecule has 5 aromatic rings. The number of carbonyl (C=O) groups excluding carboxylic acids is 2. The van der Waals surface area contributed by atoms with Gasteiger partial charge in [-0.25, -0.2) is 9.80 Å². The minimum Gasteiger partial charge on any atom is -0.497 e. The van der Waals surface area contributed by atoms with Gasteiger partial charge < -0.3 is 18.8 Å². The number of pyridine rings is 1. The van der Waals surface area contributed by atoms with Gasteiger partial charge in [0.05, 0.1) is 32.8 Å². The van der Waals surface area contributed by atoms with Gasteiger partial charge >= 0.3 is 5.97 Å². The van der Waals surface area contributed by atoms with E-state index in [1.807, 2.05) is 83.4 Å². The van der Waals surface area contributed by atoms with Gasteiger partial charge in [-0.3, -0.25) is 15.0 Å². The number of amides is 1. The standard InChI is InChI=1S/C35H35N3O6S/c1-5-44-35(41)29-21-37(20-26-13-9-10-14-30(26)43-4)34-31(32(29)40)28(33(45-34)25-15-17-27(42-3)18-16-25)22-38(36-23(2)39)19-24-11-7-6-8-12-24/h6-18,21H,5,19-20,22H2,1-4H3,(H,36,39). The molecule has 3 aromatic carbocycles. The number of esters is 1. The molecule has 0 fully saturated rings. The smallest absolute Gasteiger partial charge is 0.343 e. The summed E-state index contributed by atoms with van der Waals surface area (Å²) in [5.41, 5.74) is 5.88. The Labute approximate surface area is 265 Å². The fraction of sp³-hybridized carbons (Fsp3) is 0.229. The first kappa shape index (κ1) is 31.5. The third-order valence-corrected chi connectivity index (χ3v) is 8.59. The minimum absolute atomic E-state index is 0.0614. The predicted octanol–water partition coefficient (Wildman–Crippen LogP) is 6.03. The van der Waals surface area contributed by atoms with E-state index in [-0.39, 0.29) is 24.6 Å². The van der Waals surface area contributed by atoms with Gasteiger partial charge in [0.2, 0.25) is 11.3 Å². The molecule has 0 aliphatic heterocycles. The number of hydrogen-bond donors (Lipinski definition) is 1. The fourth-order valence-corrected chi connectivity index (χ4v) is 6.55. The lowest BCUT2D eigenvalue weighted by Gasteiger charge is -2.23. The average molecular weight is 626 g/mol. The molecule has 9 nitrogen and oxygen atoms in total. The number of rotatable bonds is 12. The highest BCUT2D eigenvalue weighted by atomic mass is 32.1. The van der Waals surface area contributed by atoms with Gasteiger partial charge in [0, 0.05) is 42.2 Å². The van der Waals surface area contributed by atoms with E-state index in [1.54, 1.807) is 32.3 Å². The van der Waals surface area contributed by atoms with E-state index in [4.69, 9.17) is 14.2 Å². The molecule has 0 saturated heterocycles. The number of carbonyl (C=O) groups is 2. The van der Waals surface area contributed by atoms with Crippen molar-refractivity contribution >= 4 is 33.4 Å². The molecule has 232 valence electrons. The third kappa shape index (κ3) is 7.08. The summed E-state index contributed by atoms with van der Waals surface area (Å²) in [4.78, 5) is 41.3. The lowest BCUT2D eigenvalue weighted by Crippen LogP contribution is -2.40. The molecule has 1 amide bonds. The van der Waals surface area contributed by atoms with Crippen molar-refractivity contribution in [3.05, 3.63) is 118 Å². The Kier molecular flexibility index (Phi) is 9.96. The molecule has 1 N–H and O–H groups in total. The topological polar surface area (TPSA) is 99.1 Å². The highest BCUT2D eigenvalue weighted by molar-refractivity contribution is 7.22. The van der Waals surface area contributed by atoms with Crippen molar-refractivity contribution in [2.45, 2.75) is 33.5 Å². The van der Waals surface area contributed by atoms with Gasteiger partial charge in [0.25, 0.3) is 0 Å². The Morgan fingerprint density at radius 2 is 1.62 bits per heavy atom. The first-order chi connectivity index (χ1) is 21.8. The number of ether oxygens (including phenoxy) is 3. The SMILES string of the molecule is CCOC(=O)c1cn(Cc2ccccc2OC)c2sc(-c3ccc(OC)cc3)c(CN(Cc3ccccc3)NC(C)=O)c2c1=O. The number of nitrogens with one attached hydrogen (secondary N) is 1. The van der Waals surface area contributed by atoms with Crippen LogP contribution in [0.25, 0.3) is 20.7 Å². The quantitative estimate of drug-likeness (QED) is 0.134. The molecule has 0 aliphatic rings. The second kappa shape index (κ2) is 14.2. The number of para-hydroxylation sites is 1. The van der Waals surface area contributed by atoms with Gasteiger partial charge in [0.15, 0.2) is 0 Å². The van der Waals surface area contributed by atoms with Crippen LogP contribution < -0.4 is 20.3 Å². The van der Waals surface area contributed by atoms with Crippen molar-refractivity contribution in [2.75, 3.05) is 20.8 Å². The summed E-state index contributed by atoms with van der Waals surface area (Å²) >= 11 is 1.45. The zero-order valence-corrected chi connectivity index (χ0v) is 26.5.